The van der Waals surface area contributed by atoms with Gasteiger partial charge in [0.15, 0.2) is 11.9 Å². The van der Waals surface area contributed by atoms with Gasteiger partial charge in [0, 0.05) is 16.8 Å². The standard InChI is InChI=1S/C17H15ClN4O5/c1-2-12-17(24)21(9-15(23)19-11-5-3-4-10(18)8-11)16-13(27-12)6-7-14(20-16)22(25)26/h3-8,12H,2,9H2,1H3,(H,19,23). The lowest BCUT2D eigenvalue weighted by Crippen LogP contribution is -2.49. The highest BCUT2D eigenvalue weighted by Gasteiger charge is 2.39. The van der Waals surface area contributed by atoms with Crippen LogP contribution in [0.1, 0.15) is 13.3 Å². The number of pyridine rings is 1. The molecule has 0 bridgehead atoms. The number of hydrogen-bond acceptors (Lipinski definition) is 6. The minimum absolute atomic E-state index is 0.0554. The van der Waals surface area contributed by atoms with Gasteiger partial charge in [-0.2, -0.15) is 0 Å². The lowest BCUT2D eigenvalue weighted by Gasteiger charge is -2.30. The van der Waals surface area contributed by atoms with Crippen molar-refractivity contribution in [3.63, 3.8) is 0 Å². The van der Waals surface area contributed by atoms with E-state index in [1.807, 2.05) is 0 Å². The number of fused-ring (bicyclic) bond motifs is 1. The van der Waals surface area contributed by atoms with Crippen LogP contribution in [0.5, 0.6) is 5.75 Å². The molecule has 0 aliphatic carbocycles. The predicted molar refractivity (Wildman–Crippen MR) is 98.0 cm³/mol. The van der Waals surface area contributed by atoms with Crippen LogP contribution in [0.2, 0.25) is 5.02 Å². The highest BCUT2D eigenvalue weighted by molar-refractivity contribution is 6.30. The molecule has 0 fully saturated rings. The molecular weight excluding hydrogens is 376 g/mol. The number of nitrogens with one attached hydrogen (secondary N) is 1. The first kappa shape index (κ1) is 18.6. The van der Waals surface area contributed by atoms with Crippen molar-refractivity contribution in [2.75, 3.05) is 16.8 Å². The maximum absolute atomic E-state index is 12.6. The van der Waals surface area contributed by atoms with Crippen molar-refractivity contribution in [2.45, 2.75) is 19.4 Å². The number of benzene rings is 1. The molecule has 140 valence electrons. The maximum atomic E-state index is 12.6. The van der Waals surface area contributed by atoms with Crippen LogP contribution in [0.15, 0.2) is 36.4 Å². The van der Waals surface area contributed by atoms with Gasteiger partial charge < -0.3 is 20.2 Å². The molecule has 27 heavy (non-hydrogen) atoms. The molecule has 3 rings (SSSR count). The number of carbonyl (C=O) groups is 2. The van der Waals surface area contributed by atoms with Gasteiger partial charge in [-0.3, -0.25) is 14.5 Å². The second-order valence-corrected chi connectivity index (χ2v) is 6.18. The van der Waals surface area contributed by atoms with Crippen molar-refractivity contribution in [3.8, 4) is 5.75 Å². The van der Waals surface area contributed by atoms with Crippen LogP contribution < -0.4 is 15.0 Å². The number of aromatic nitrogens is 1. The molecular formula is C17H15ClN4O5. The van der Waals surface area contributed by atoms with E-state index in [1.165, 1.54) is 12.1 Å². The Bertz CT molecular complexity index is 920. The van der Waals surface area contributed by atoms with Crippen molar-refractivity contribution in [1.82, 2.24) is 4.98 Å². The largest absolute Gasteiger partial charge is 0.474 e. The molecule has 1 N–H and O–H groups in total. The first-order chi connectivity index (χ1) is 12.9. The lowest BCUT2D eigenvalue weighted by atomic mass is 10.2. The summed E-state index contributed by atoms with van der Waals surface area (Å²) in [5.74, 6) is -1.27. The highest BCUT2D eigenvalue weighted by atomic mass is 35.5. The quantitative estimate of drug-likeness (QED) is 0.620. The summed E-state index contributed by atoms with van der Waals surface area (Å²) in [4.78, 5) is 40.3. The van der Waals surface area contributed by atoms with Crippen LogP contribution in [-0.4, -0.2) is 34.4 Å². The number of carbonyl (C=O) groups excluding carboxylic acids is 2. The number of amides is 2. The summed E-state index contributed by atoms with van der Waals surface area (Å²) in [5, 5.41) is 14.1. The Hall–Kier alpha value is -3.20. The zero-order valence-corrected chi connectivity index (χ0v) is 15.0. The van der Waals surface area contributed by atoms with Crippen LogP contribution in [0.25, 0.3) is 0 Å². The summed E-state index contributed by atoms with van der Waals surface area (Å²) in [6, 6.07) is 9.10. The van der Waals surface area contributed by atoms with Crippen LogP contribution in [-0.2, 0) is 9.59 Å². The molecule has 1 atom stereocenters. The Labute approximate surface area is 159 Å². The Kier molecular flexibility index (Phi) is 5.22. The van der Waals surface area contributed by atoms with Gasteiger partial charge in [0.2, 0.25) is 5.91 Å². The normalized spacial score (nSPS) is 15.7. The summed E-state index contributed by atoms with van der Waals surface area (Å²) >= 11 is 5.89. The summed E-state index contributed by atoms with van der Waals surface area (Å²) < 4.78 is 5.55. The fraction of sp³-hybridized carbons (Fsp3) is 0.235. The molecule has 1 aliphatic rings. The van der Waals surface area contributed by atoms with Crippen molar-refractivity contribution in [1.29, 1.82) is 0 Å². The first-order valence-electron chi connectivity index (χ1n) is 8.08. The molecule has 1 aliphatic heterocycles. The summed E-state index contributed by atoms with van der Waals surface area (Å²) in [7, 11) is 0. The third-order valence-electron chi connectivity index (χ3n) is 3.86. The minimum atomic E-state index is -0.792. The average Bonchev–Trinajstić information content (AvgIpc) is 2.63. The zero-order chi connectivity index (χ0) is 19.6. The fourth-order valence-electron chi connectivity index (χ4n) is 2.62. The number of rotatable bonds is 5. The van der Waals surface area contributed by atoms with E-state index in [9.17, 15) is 19.7 Å². The molecule has 1 aromatic carbocycles. The monoisotopic (exact) mass is 390 g/mol. The Morgan fingerprint density at radius 3 is 2.85 bits per heavy atom. The van der Waals surface area contributed by atoms with Crippen LogP contribution >= 0.6 is 11.6 Å². The Balaban J connectivity index is 1.88. The molecule has 0 spiro atoms. The predicted octanol–water partition coefficient (Wildman–Crippen LogP) is 2.79. The van der Waals surface area contributed by atoms with E-state index >= 15 is 0 Å². The Morgan fingerprint density at radius 1 is 1.41 bits per heavy atom. The second kappa shape index (κ2) is 7.58. The van der Waals surface area contributed by atoms with E-state index in [0.29, 0.717) is 17.1 Å². The van der Waals surface area contributed by atoms with Crippen molar-refractivity contribution >= 4 is 40.7 Å². The van der Waals surface area contributed by atoms with E-state index in [1.54, 1.807) is 31.2 Å². The van der Waals surface area contributed by atoms with Crippen LogP contribution in [0, 0.1) is 10.1 Å². The van der Waals surface area contributed by atoms with Gasteiger partial charge in [-0.05, 0) is 40.6 Å². The van der Waals surface area contributed by atoms with Gasteiger partial charge in [-0.25, -0.2) is 0 Å². The molecule has 2 amide bonds. The smallest absolute Gasteiger partial charge is 0.366 e. The van der Waals surface area contributed by atoms with Gasteiger partial charge >= 0.3 is 5.82 Å². The molecule has 0 saturated heterocycles. The van der Waals surface area contributed by atoms with Crippen molar-refractivity contribution in [2.24, 2.45) is 0 Å². The van der Waals surface area contributed by atoms with E-state index in [4.69, 9.17) is 16.3 Å². The van der Waals surface area contributed by atoms with E-state index in [2.05, 4.69) is 10.3 Å². The molecule has 9 nitrogen and oxygen atoms in total. The van der Waals surface area contributed by atoms with Gasteiger partial charge in [-0.1, -0.05) is 24.6 Å². The maximum Gasteiger partial charge on any atom is 0.366 e. The Morgan fingerprint density at radius 2 is 2.19 bits per heavy atom. The molecule has 0 radical (unpaired) electrons. The van der Waals surface area contributed by atoms with E-state index in [-0.39, 0.29) is 18.1 Å². The van der Waals surface area contributed by atoms with Crippen LogP contribution in [0.4, 0.5) is 17.3 Å². The van der Waals surface area contributed by atoms with Gasteiger partial charge in [0.1, 0.15) is 6.54 Å². The number of ether oxygens (including phenoxy) is 1. The van der Waals surface area contributed by atoms with Crippen molar-refractivity contribution in [3.05, 3.63) is 51.5 Å². The highest BCUT2D eigenvalue weighted by Crippen LogP contribution is 2.34. The molecule has 2 aromatic rings. The molecule has 10 heteroatoms. The van der Waals surface area contributed by atoms with Crippen molar-refractivity contribution < 1.29 is 19.2 Å². The molecule has 1 unspecified atom stereocenters. The number of nitro groups is 1. The number of anilines is 2. The van der Waals surface area contributed by atoms with Gasteiger partial charge in [0.05, 0.1) is 0 Å². The average molecular weight is 391 g/mol. The van der Waals surface area contributed by atoms with E-state index < -0.39 is 28.7 Å². The fourth-order valence-corrected chi connectivity index (χ4v) is 2.81. The molecule has 1 aromatic heterocycles. The minimum Gasteiger partial charge on any atom is -0.474 e. The number of nitrogens with zero attached hydrogens (tertiary/aromatic N) is 3. The summed E-state index contributed by atoms with van der Waals surface area (Å²) in [5.41, 5.74) is 0.465. The number of halogens is 1. The third kappa shape index (κ3) is 3.98. The van der Waals surface area contributed by atoms with E-state index in [0.717, 1.165) is 4.90 Å². The zero-order valence-electron chi connectivity index (χ0n) is 14.2. The summed E-state index contributed by atoms with van der Waals surface area (Å²) in [6.07, 6.45) is -0.415. The topological polar surface area (TPSA) is 115 Å². The summed E-state index contributed by atoms with van der Waals surface area (Å²) in [6.45, 7) is 1.39. The third-order valence-corrected chi connectivity index (χ3v) is 4.09. The van der Waals surface area contributed by atoms with Crippen LogP contribution in [0.3, 0.4) is 0 Å². The lowest BCUT2D eigenvalue weighted by molar-refractivity contribution is -0.389. The molecule has 0 saturated carbocycles. The molecule has 2 heterocycles. The second-order valence-electron chi connectivity index (χ2n) is 5.75. The van der Waals surface area contributed by atoms with Gasteiger partial charge in [-0.15, -0.1) is 0 Å². The number of hydrogen-bond donors (Lipinski definition) is 1. The first-order valence-corrected chi connectivity index (χ1v) is 8.45. The SMILES string of the molecule is CCC1Oc2ccc([N+](=O)[O-])nc2N(CC(=O)Nc2cccc(Cl)c2)C1=O. The van der Waals surface area contributed by atoms with Gasteiger partial charge in [0.25, 0.3) is 11.7 Å².